The van der Waals surface area contributed by atoms with Crippen molar-refractivity contribution in [1.82, 2.24) is 9.88 Å². The number of thiazole rings is 1. The lowest BCUT2D eigenvalue weighted by atomic mass is 9.95. The number of rotatable bonds is 3. The average molecular weight is 401 g/mol. The van der Waals surface area contributed by atoms with Gasteiger partial charge in [-0.2, -0.15) is 13.2 Å². The minimum atomic E-state index is -4.47. The van der Waals surface area contributed by atoms with E-state index in [2.05, 4.69) is 5.32 Å². The van der Waals surface area contributed by atoms with Crippen LogP contribution in [0.25, 0.3) is 5.69 Å². The van der Waals surface area contributed by atoms with E-state index in [-0.39, 0.29) is 32.3 Å². The molecule has 0 spiro atoms. The fraction of sp³-hybridized carbons (Fsp3) is 0.412. The van der Waals surface area contributed by atoms with Gasteiger partial charge in [0, 0.05) is 11.7 Å². The van der Waals surface area contributed by atoms with Crippen molar-refractivity contribution >= 4 is 35.3 Å². The van der Waals surface area contributed by atoms with Crippen LogP contribution in [-0.4, -0.2) is 16.5 Å². The molecule has 2 aromatic rings. The number of carbonyl (C=O) groups excluding carboxylic acids is 1. The molecule has 0 saturated heterocycles. The third kappa shape index (κ3) is 3.93. The Morgan fingerprint density at radius 2 is 1.96 bits per heavy atom. The van der Waals surface area contributed by atoms with Gasteiger partial charge in [-0.25, -0.2) is 0 Å². The lowest BCUT2D eigenvalue weighted by Crippen LogP contribution is -2.36. The summed E-state index contributed by atoms with van der Waals surface area (Å²) in [5.41, 5.74) is 5.46. The highest BCUT2D eigenvalue weighted by Crippen LogP contribution is 2.32. The number of nitrogens with one attached hydrogen (secondary N) is 1. The molecule has 0 radical (unpaired) electrons. The van der Waals surface area contributed by atoms with Crippen molar-refractivity contribution in [2.75, 3.05) is 5.73 Å². The average Bonchev–Trinajstić information content (AvgIpc) is 2.90. The molecule has 3 N–H and O–H groups in total. The fourth-order valence-corrected chi connectivity index (χ4v) is 4.38. The molecule has 1 aliphatic carbocycles. The van der Waals surface area contributed by atoms with Crippen molar-refractivity contribution in [3.63, 3.8) is 0 Å². The molecule has 26 heavy (non-hydrogen) atoms. The van der Waals surface area contributed by atoms with Gasteiger partial charge in [-0.1, -0.05) is 36.7 Å². The van der Waals surface area contributed by atoms with Crippen LogP contribution in [0.15, 0.2) is 24.3 Å². The van der Waals surface area contributed by atoms with Crippen LogP contribution in [0.2, 0.25) is 0 Å². The Labute approximate surface area is 157 Å². The monoisotopic (exact) mass is 401 g/mol. The predicted octanol–water partition coefficient (Wildman–Crippen LogP) is 4.93. The van der Waals surface area contributed by atoms with Crippen LogP contribution in [0.1, 0.15) is 47.3 Å². The topological polar surface area (TPSA) is 60.1 Å². The second kappa shape index (κ2) is 7.40. The molecule has 1 saturated carbocycles. The van der Waals surface area contributed by atoms with Crippen molar-refractivity contribution in [3.8, 4) is 5.69 Å². The van der Waals surface area contributed by atoms with E-state index in [0.29, 0.717) is 0 Å². The van der Waals surface area contributed by atoms with Gasteiger partial charge in [0.15, 0.2) is 3.95 Å². The predicted molar refractivity (Wildman–Crippen MR) is 98.2 cm³/mol. The van der Waals surface area contributed by atoms with Crippen molar-refractivity contribution < 1.29 is 18.0 Å². The standard InChI is InChI=1S/C17H18F3N3OS2/c18-17(19,20)10-5-4-8-12(9-10)23-14(21)13(26-16(23)25)15(24)22-11-6-2-1-3-7-11/h4-5,8-9,11H,1-3,6-7,21H2,(H,22,24). The van der Waals surface area contributed by atoms with Gasteiger partial charge in [0.05, 0.1) is 5.56 Å². The van der Waals surface area contributed by atoms with Crippen LogP contribution >= 0.6 is 23.6 Å². The zero-order chi connectivity index (χ0) is 18.9. The Bertz CT molecular complexity index is 867. The maximum atomic E-state index is 13.0. The summed E-state index contributed by atoms with van der Waals surface area (Å²) in [5, 5.41) is 2.96. The molecule has 1 heterocycles. The Morgan fingerprint density at radius 3 is 2.62 bits per heavy atom. The van der Waals surface area contributed by atoms with E-state index in [0.717, 1.165) is 49.2 Å². The Hall–Kier alpha value is -1.87. The number of aromatic nitrogens is 1. The summed E-state index contributed by atoms with van der Waals surface area (Å²) in [6.45, 7) is 0. The first-order valence-electron chi connectivity index (χ1n) is 8.27. The molecular formula is C17H18F3N3OS2. The molecule has 0 aliphatic heterocycles. The lowest BCUT2D eigenvalue weighted by molar-refractivity contribution is -0.137. The highest BCUT2D eigenvalue weighted by molar-refractivity contribution is 7.73. The van der Waals surface area contributed by atoms with E-state index in [9.17, 15) is 18.0 Å². The van der Waals surface area contributed by atoms with Gasteiger partial charge >= 0.3 is 6.18 Å². The molecular weight excluding hydrogens is 383 g/mol. The maximum Gasteiger partial charge on any atom is 0.416 e. The molecule has 1 aromatic carbocycles. The quantitative estimate of drug-likeness (QED) is 0.717. The third-order valence-corrected chi connectivity index (χ3v) is 5.81. The van der Waals surface area contributed by atoms with E-state index in [1.54, 1.807) is 0 Å². The molecule has 3 rings (SSSR count). The van der Waals surface area contributed by atoms with Crippen LogP contribution in [0.5, 0.6) is 0 Å². The van der Waals surface area contributed by atoms with Crippen LogP contribution in [0, 0.1) is 3.95 Å². The molecule has 4 nitrogen and oxygen atoms in total. The van der Waals surface area contributed by atoms with Gasteiger partial charge in [0.1, 0.15) is 10.7 Å². The van der Waals surface area contributed by atoms with E-state index in [1.165, 1.54) is 23.1 Å². The number of halogens is 3. The zero-order valence-electron chi connectivity index (χ0n) is 13.8. The number of nitrogen functional groups attached to an aromatic ring is 1. The Morgan fingerprint density at radius 1 is 1.27 bits per heavy atom. The summed E-state index contributed by atoms with van der Waals surface area (Å²) >= 11 is 6.25. The van der Waals surface area contributed by atoms with Crippen LogP contribution in [0.4, 0.5) is 19.0 Å². The summed E-state index contributed by atoms with van der Waals surface area (Å²) in [4.78, 5) is 12.8. The number of nitrogens with zero attached hydrogens (tertiary/aromatic N) is 1. The number of benzene rings is 1. The molecule has 9 heteroatoms. The first kappa shape index (κ1) is 18.9. The maximum absolute atomic E-state index is 13.0. The summed E-state index contributed by atoms with van der Waals surface area (Å²) in [6.07, 6.45) is 0.684. The van der Waals surface area contributed by atoms with E-state index >= 15 is 0 Å². The van der Waals surface area contributed by atoms with Crippen molar-refractivity contribution in [3.05, 3.63) is 38.7 Å². The number of alkyl halides is 3. The second-order valence-electron chi connectivity index (χ2n) is 6.27. The first-order valence-corrected chi connectivity index (χ1v) is 9.49. The minimum Gasteiger partial charge on any atom is -0.383 e. The normalized spacial score (nSPS) is 15.8. The van der Waals surface area contributed by atoms with Gasteiger partial charge in [0.25, 0.3) is 5.91 Å². The fourth-order valence-electron chi connectivity index (χ4n) is 3.11. The van der Waals surface area contributed by atoms with Crippen LogP contribution in [-0.2, 0) is 6.18 Å². The molecule has 0 bridgehead atoms. The largest absolute Gasteiger partial charge is 0.416 e. The highest BCUT2D eigenvalue weighted by atomic mass is 32.1. The molecule has 140 valence electrons. The van der Waals surface area contributed by atoms with Crippen molar-refractivity contribution in [1.29, 1.82) is 0 Å². The van der Waals surface area contributed by atoms with Crippen molar-refractivity contribution in [2.45, 2.75) is 44.3 Å². The molecule has 1 aromatic heterocycles. The Kier molecular flexibility index (Phi) is 5.38. The number of amides is 1. The van der Waals surface area contributed by atoms with Gasteiger partial charge in [-0.3, -0.25) is 9.36 Å². The molecule has 0 atom stereocenters. The smallest absolute Gasteiger partial charge is 0.383 e. The summed E-state index contributed by atoms with van der Waals surface area (Å²) in [6, 6.07) is 4.83. The van der Waals surface area contributed by atoms with E-state index in [1.807, 2.05) is 0 Å². The van der Waals surface area contributed by atoms with Crippen molar-refractivity contribution in [2.24, 2.45) is 0 Å². The van der Waals surface area contributed by atoms with Gasteiger partial charge in [-0.05, 0) is 43.3 Å². The number of hydrogen-bond donors (Lipinski definition) is 2. The SMILES string of the molecule is Nc1c(C(=O)NC2CCCCC2)sc(=S)n1-c1cccc(C(F)(F)F)c1. The number of anilines is 1. The second-order valence-corrected chi connectivity index (χ2v) is 7.92. The molecule has 1 amide bonds. The van der Waals surface area contributed by atoms with Gasteiger partial charge < -0.3 is 11.1 Å². The third-order valence-electron chi connectivity index (χ3n) is 4.42. The zero-order valence-corrected chi connectivity index (χ0v) is 15.4. The van der Waals surface area contributed by atoms with Gasteiger partial charge in [-0.15, -0.1) is 0 Å². The lowest BCUT2D eigenvalue weighted by Gasteiger charge is -2.22. The number of carbonyl (C=O) groups is 1. The number of nitrogens with two attached hydrogens (primary N) is 1. The number of hydrogen-bond acceptors (Lipinski definition) is 4. The van der Waals surface area contributed by atoms with Crippen LogP contribution < -0.4 is 11.1 Å². The highest BCUT2D eigenvalue weighted by Gasteiger charge is 2.31. The molecule has 0 unspecified atom stereocenters. The Balaban J connectivity index is 1.91. The molecule has 1 fully saturated rings. The minimum absolute atomic E-state index is 0.0626. The summed E-state index contributed by atoms with van der Waals surface area (Å²) in [5.74, 6) is -0.260. The van der Waals surface area contributed by atoms with E-state index < -0.39 is 11.7 Å². The van der Waals surface area contributed by atoms with Crippen LogP contribution in [0.3, 0.4) is 0 Å². The summed E-state index contributed by atoms with van der Waals surface area (Å²) < 4.78 is 40.4. The van der Waals surface area contributed by atoms with E-state index in [4.69, 9.17) is 18.0 Å². The van der Waals surface area contributed by atoms with Gasteiger partial charge in [0.2, 0.25) is 0 Å². The summed E-state index contributed by atoms with van der Waals surface area (Å²) in [7, 11) is 0. The first-order chi connectivity index (χ1) is 12.3. The molecule has 1 aliphatic rings.